The topological polar surface area (TPSA) is 58.4 Å². The molecule has 0 spiro atoms. The monoisotopic (exact) mass is 502 g/mol. The Hall–Kier alpha value is -3.41. The minimum atomic E-state index is -0.440. The molecule has 1 aliphatic rings. The third kappa shape index (κ3) is 6.68. The molecule has 1 saturated heterocycles. The van der Waals surface area contributed by atoms with Crippen LogP contribution in [0.5, 0.6) is 0 Å². The van der Waals surface area contributed by atoms with E-state index in [0.29, 0.717) is 19.5 Å². The first kappa shape index (κ1) is 28.2. The largest absolute Gasteiger partial charge is 0.336 e. The number of nitrogens with zero attached hydrogens (tertiary/aromatic N) is 4. The quantitative estimate of drug-likeness (QED) is 0.391. The number of rotatable bonds is 11. The molecule has 6 heteroatoms. The van der Waals surface area contributed by atoms with E-state index in [4.69, 9.17) is 0 Å². The molecule has 198 valence electrons. The highest BCUT2D eigenvalue weighted by molar-refractivity contribution is 5.90. The van der Waals surface area contributed by atoms with E-state index in [2.05, 4.69) is 63.5 Å². The van der Waals surface area contributed by atoms with E-state index in [1.165, 1.54) is 5.56 Å². The van der Waals surface area contributed by atoms with Crippen molar-refractivity contribution < 1.29 is 9.59 Å². The van der Waals surface area contributed by atoms with Crippen LogP contribution in [0.25, 0.3) is 0 Å². The third-order valence-electron chi connectivity index (χ3n) is 7.50. The van der Waals surface area contributed by atoms with Crippen molar-refractivity contribution in [1.29, 1.82) is 0 Å². The Balaban J connectivity index is 1.66. The van der Waals surface area contributed by atoms with Crippen molar-refractivity contribution in [2.24, 2.45) is 0 Å². The van der Waals surface area contributed by atoms with Gasteiger partial charge in [0.05, 0.1) is 12.7 Å². The van der Waals surface area contributed by atoms with Gasteiger partial charge in [-0.05, 0) is 50.2 Å². The summed E-state index contributed by atoms with van der Waals surface area (Å²) in [6.45, 7) is 15.7. The summed E-state index contributed by atoms with van der Waals surface area (Å²) in [5.41, 5.74) is 2.76. The Morgan fingerprint density at radius 3 is 2.57 bits per heavy atom. The summed E-state index contributed by atoms with van der Waals surface area (Å²) < 4.78 is 1.98. The third-order valence-corrected chi connectivity index (χ3v) is 7.50. The highest BCUT2D eigenvalue weighted by Gasteiger charge is 2.44. The maximum atomic E-state index is 13.6. The van der Waals surface area contributed by atoms with Gasteiger partial charge in [-0.1, -0.05) is 75.1 Å². The molecular weight excluding hydrogens is 460 g/mol. The highest BCUT2D eigenvalue weighted by Crippen LogP contribution is 2.37. The van der Waals surface area contributed by atoms with E-state index in [0.717, 1.165) is 17.7 Å². The van der Waals surface area contributed by atoms with Gasteiger partial charge in [0.25, 0.3) is 0 Å². The zero-order valence-corrected chi connectivity index (χ0v) is 23.3. The van der Waals surface area contributed by atoms with Gasteiger partial charge in [-0.25, -0.2) is 4.98 Å². The van der Waals surface area contributed by atoms with E-state index in [-0.39, 0.29) is 29.2 Å². The fourth-order valence-corrected chi connectivity index (χ4v) is 5.51. The summed E-state index contributed by atoms with van der Waals surface area (Å²) in [5.74, 6) is -0.0444. The lowest BCUT2D eigenvalue weighted by atomic mass is 9.74. The van der Waals surface area contributed by atoms with Gasteiger partial charge in [0, 0.05) is 37.6 Å². The van der Waals surface area contributed by atoms with E-state index >= 15 is 0 Å². The van der Waals surface area contributed by atoms with Crippen molar-refractivity contribution in [1.82, 2.24) is 19.4 Å². The average molecular weight is 503 g/mol. The summed E-state index contributed by atoms with van der Waals surface area (Å²) in [5, 5.41) is 0. The van der Waals surface area contributed by atoms with E-state index in [1.807, 2.05) is 40.7 Å². The maximum Gasteiger partial charge on any atom is 0.245 e. The fourth-order valence-electron chi connectivity index (χ4n) is 5.51. The zero-order valence-electron chi connectivity index (χ0n) is 23.3. The standard InChI is InChI=1S/C31H42N4O2/c1-8-10-14-24(9-2)21-34-23-32-20-26(34)19-28(36)33(7)27-17-18-35(29(27)37)31(5,6)22-30(3,4)25-15-12-11-13-16-25/h8-16,20,23,27H,1,17-19,21-22H2,2-7H3/b14-10-,24-9+/t27-/m0/s1. The fraction of sp³-hybridized carbons (Fsp3) is 0.452. The smallest absolute Gasteiger partial charge is 0.245 e. The zero-order chi connectivity index (χ0) is 27.2. The molecule has 1 aromatic carbocycles. The number of carbonyl (C=O) groups is 2. The van der Waals surface area contributed by atoms with Crippen molar-refractivity contribution in [2.45, 2.75) is 77.4 Å². The highest BCUT2D eigenvalue weighted by atomic mass is 16.2. The summed E-state index contributed by atoms with van der Waals surface area (Å²) in [4.78, 5) is 34.7. The molecule has 2 heterocycles. The predicted octanol–water partition coefficient (Wildman–Crippen LogP) is 5.32. The minimum Gasteiger partial charge on any atom is -0.336 e. The minimum absolute atomic E-state index is 0.0315. The van der Waals surface area contributed by atoms with Crippen molar-refractivity contribution in [3.8, 4) is 0 Å². The van der Waals surface area contributed by atoms with Crippen LogP contribution in [0.1, 0.15) is 58.7 Å². The molecule has 3 rings (SSSR count). The number of hydrogen-bond acceptors (Lipinski definition) is 3. The molecule has 37 heavy (non-hydrogen) atoms. The number of allylic oxidation sites excluding steroid dienone is 5. The van der Waals surface area contributed by atoms with Crippen molar-refractivity contribution >= 4 is 11.8 Å². The van der Waals surface area contributed by atoms with Crippen LogP contribution in [-0.4, -0.2) is 56.3 Å². The summed E-state index contributed by atoms with van der Waals surface area (Å²) in [6, 6.07) is 10.0. The lowest BCUT2D eigenvalue weighted by Gasteiger charge is -2.42. The number of imidazole rings is 1. The summed E-state index contributed by atoms with van der Waals surface area (Å²) >= 11 is 0. The second-order valence-electron chi connectivity index (χ2n) is 11.2. The second-order valence-corrected chi connectivity index (χ2v) is 11.2. The van der Waals surface area contributed by atoms with Gasteiger partial charge in [0.2, 0.25) is 11.8 Å². The number of amides is 2. The number of hydrogen-bond donors (Lipinski definition) is 0. The van der Waals surface area contributed by atoms with Crippen molar-refractivity contribution in [2.75, 3.05) is 13.6 Å². The van der Waals surface area contributed by atoms with E-state index in [9.17, 15) is 9.59 Å². The number of benzene rings is 1. The van der Waals surface area contributed by atoms with Gasteiger partial charge in [-0.15, -0.1) is 0 Å². The first-order valence-corrected chi connectivity index (χ1v) is 13.1. The van der Waals surface area contributed by atoms with Crippen LogP contribution in [0.4, 0.5) is 0 Å². The molecule has 1 aromatic heterocycles. The Morgan fingerprint density at radius 1 is 1.22 bits per heavy atom. The first-order valence-electron chi connectivity index (χ1n) is 13.1. The SMILES string of the molecule is C=C/C=C\C(=C/C)Cn1cncc1CC(=O)N(C)[C@H]1CCN(C(C)(C)CC(C)(C)c2ccccc2)C1=O. The van der Waals surface area contributed by atoms with Gasteiger partial charge in [-0.3, -0.25) is 9.59 Å². The van der Waals surface area contributed by atoms with Gasteiger partial charge in [0.15, 0.2) is 0 Å². The van der Waals surface area contributed by atoms with E-state index < -0.39 is 6.04 Å². The van der Waals surface area contributed by atoms with Crippen molar-refractivity contribution in [3.63, 3.8) is 0 Å². The average Bonchev–Trinajstić information content (AvgIpc) is 3.47. The van der Waals surface area contributed by atoms with Crippen molar-refractivity contribution in [3.05, 3.63) is 90.6 Å². The Labute approximate surface area is 222 Å². The number of carbonyl (C=O) groups excluding carboxylic acids is 2. The molecule has 1 atom stereocenters. The Bertz CT molecular complexity index is 1160. The Kier molecular flexibility index (Phi) is 8.95. The maximum absolute atomic E-state index is 13.6. The molecule has 0 aliphatic carbocycles. The predicted molar refractivity (Wildman–Crippen MR) is 150 cm³/mol. The second kappa shape index (κ2) is 11.8. The molecule has 0 saturated carbocycles. The van der Waals surface area contributed by atoms with Gasteiger partial charge < -0.3 is 14.4 Å². The molecule has 6 nitrogen and oxygen atoms in total. The molecular formula is C31H42N4O2. The number of likely N-dealkylation sites (tertiary alicyclic amines) is 1. The van der Waals surface area contributed by atoms with Gasteiger partial charge in [0.1, 0.15) is 6.04 Å². The lowest BCUT2D eigenvalue weighted by molar-refractivity contribution is -0.143. The van der Waals surface area contributed by atoms with Gasteiger partial charge >= 0.3 is 0 Å². The molecule has 0 bridgehead atoms. The van der Waals surface area contributed by atoms with Crippen LogP contribution in [0.15, 0.2) is 79.3 Å². The van der Waals surface area contributed by atoms with Gasteiger partial charge in [-0.2, -0.15) is 0 Å². The van der Waals surface area contributed by atoms with Crippen LogP contribution in [0.2, 0.25) is 0 Å². The molecule has 1 fully saturated rings. The molecule has 1 aliphatic heterocycles. The number of aromatic nitrogens is 2. The molecule has 0 unspecified atom stereocenters. The van der Waals surface area contributed by atoms with Crippen LogP contribution < -0.4 is 0 Å². The number of likely N-dealkylation sites (N-methyl/N-ethyl adjacent to an activating group) is 1. The van der Waals surface area contributed by atoms with Crippen LogP contribution in [0.3, 0.4) is 0 Å². The molecule has 2 aromatic rings. The first-order chi connectivity index (χ1) is 17.5. The summed E-state index contributed by atoms with van der Waals surface area (Å²) in [6.07, 6.45) is 12.8. The molecule has 0 radical (unpaired) electrons. The lowest BCUT2D eigenvalue weighted by Crippen LogP contribution is -2.51. The molecule has 0 N–H and O–H groups in total. The Morgan fingerprint density at radius 2 is 1.92 bits per heavy atom. The van der Waals surface area contributed by atoms with Crippen LogP contribution in [-0.2, 0) is 28.0 Å². The van der Waals surface area contributed by atoms with E-state index in [1.54, 1.807) is 30.5 Å². The van der Waals surface area contributed by atoms with Crippen LogP contribution >= 0.6 is 0 Å². The summed E-state index contributed by atoms with van der Waals surface area (Å²) in [7, 11) is 1.75. The normalized spacial score (nSPS) is 17.0. The van der Waals surface area contributed by atoms with Crippen LogP contribution in [0, 0.1) is 0 Å². The molecule has 2 amide bonds.